The molecule has 0 saturated carbocycles. The predicted octanol–water partition coefficient (Wildman–Crippen LogP) is 2.90. The Morgan fingerprint density at radius 1 is 1.42 bits per heavy atom. The van der Waals surface area contributed by atoms with Crippen LogP contribution in [0.25, 0.3) is 0 Å². The molecule has 1 aromatic carbocycles. The number of nitrogens with two attached hydrogens (primary N) is 1. The van der Waals surface area contributed by atoms with Crippen molar-refractivity contribution in [1.82, 2.24) is 4.37 Å². The van der Waals surface area contributed by atoms with Gasteiger partial charge in [-0.15, -0.1) is 0 Å². The Labute approximate surface area is 115 Å². The van der Waals surface area contributed by atoms with Crippen LogP contribution < -0.4 is 15.4 Å². The highest BCUT2D eigenvalue weighted by Gasteiger charge is 2.17. The Bertz CT molecular complexity index is 559. The zero-order valence-electron chi connectivity index (χ0n) is 10.9. The molecule has 2 rings (SSSR count). The van der Waals surface area contributed by atoms with E-state index in [0.29, 0.717) is 30.3 Å². The first-order valence-corrected chi connectivity index (χ1v) is 6.73. The molecule has 0 aliphatic heterocycles. The summed E-state index contributed by atoms with van der Waals surface area (Å²) in [5.74, 6) is 0.735. The van der Waals surface area contributed by atoms with Crippen molar-refractivity contribution in [3.05, 3.63) is 35.6 Å². The molecule has 19 heavy (non-hydrogen) atoms. The standard InChI is InChI=1S/C13H16FN3OS/c1-3-18-11-12(15)16-19-13(11)17(2)8-9-6-4-5-7-10(9)14/h4-7H,3,8H2,1-2H3,(H2,15,16). The first kappa shape index (κ1) is 13.6. The van der Waals surface area contributed by atoms with E-state index < -0.39 is 0 Å². The van der Waals surface area contributed by atoms with Gasteiger partial charge < -0.3 is 15.4 Å². The lowest BCUT2D eigenvalue weighted by molar-refractivity contribution is 0.343. The summed E-state index contributed by atoms with van der Waals surface area (Å²) < 4.78 is 23.2. The van der Waals surface area contributed by atoms with Crippen LogP contribution in [0.1, 0.15) is 12.5 Å². The van der Waals surface area contributed by atoms with Crippen LogP contribution >= 0.6 is 11.5 Å². The molecular weight excluding hydrogens is 265 g/mol. The third kappa shape index (κ3) is 2.96. The fourth-order valence-electron chi connectivity index (χ4n) is 1.76. The number of hydrogen-bond donors (Lipinski definition) is 1. The van der Waals surface area contributed by atoms with Crippen molar-refractivity contribution in [2.75, 3.05) is 24.3 Å². The van der Waals surface area contributed by atoms with Gasteiger partial charge >= 0.3 is 0 Å². The summed E-state index contributed by atoms with van der Waals surface area (Å²) in [5, 5.41) is 0.808. The van der Waals surface area contributed by atoms with Crippen molar-refractivity contribution in [3.63, 3.8) is 0 Å². The summed E-state index contributed by atoms with van der Waals surface area (Å²) in [6, 6.07) is 6.70. The molecule has 1 aromatic heterocycles. The molecule has 0 bridgehead atoms. The van der Waals surface area contributed by atoms with Gasteiger partial charge in [0.1, 0.15) is 5.82 Å². The van der Waals surface area contributed by atoms with E-state index in [9.17, 15) is 4.39 Å². The first-order chi connectivity index (χ1) is 9.13. The van der Waals surface area contributed by atoms with Gasteiger partial charge in [-0.3, -0.25) is 0 Å². The predicted molar refractivity (Wildman–Crippen MR) is 76.2 cm³/mol. The van der Waals surface area contributed by atoms with Crippen LogP contribution in [-0.2, 0) is 6.54 Å². The van der Waals surface area contributed by atoms with Crippen LogP contribution in [0.4, 0.5) is 15.2 Å². The molecule has 1 heterocycles. The average Bonchev–Trinajstić information content (AvgIpc) is 2.75. The lowest BCUT2D eigenvalue weighted by Crippen LogP contribution is -2.17. The fraction of sp³-hybridized carbons (Fsp3) is 0.308. The molecule has 0 fully saturated rings. The minimum absolute atomic E-state index is 0.218. The maximum Gasteiger partial charge on any atom is 0.197 e. The number of aromatic nitrogens is 1. The molecule has 0 aliphatic carbocycles. The van der Waals surface area contributed by atoms with Gasteiger partial charge in [-0.1, -0.05) is 18.2 Å². The van der Waals surface area contributed by atoms with Crippen molar-refractivity contribution in [2.24, 2.45) is 0 Å². The molecule has 4 nitrogen and oxygen atoms in total. The van der Waals surface area contributed by atoms with Gasteiger partial charge in [-0.05, 0) is 24.5 Å². The fourth-order valence-corrected chi connectivity index (χ4v) is 2.48. The number of rotatable bonds is 5. The molecule has 0 saturated heterocycles. The van der Waals surface area contributed by atoms with Gasteiger partial charge in [0.15, 0.2) is 16.6 Å². The molecule has 2 N–H and O–H groups in total. The van der Waals surface area contributed by atoms with Crippen molar-refractivity contribution < 1.29 is 9.13 Å². The van der Waals surface area contributed by atoms with Crippen LogP contribution in [0.2, 0.25) is 0 Å². The van der Waals surface area contributed by atoms with Gasteiger partial charge in [0.25, 0.3) is 0 Å². The highest BCUT2D eigenvalue weighted by molar-refractivity contribution is 7.11. The number of nitrogen functional groups attached to an aromatic ring is 1. The van der Waals surface area contributed by atoms with Crippen molar-refractivity contribution in [2.45, 2.75) is 13.5 Å². The Kier molecular flexibility index (Phi) is 4.21. The van der Waals surface area contributed by atoms with E-state index in [-0.39, 0.29) is 5.82 Å². The first-order valence-electron chi connectivity index (χ1n) is 5.96. The Balaban J connectivity index is 2.20. The zero-order valence-corrected chi connectivity index (χ0v) is 11.7. The van der Waals surface area contributed by atoms with E-state index in [1.807, 2.05) is 24.9 Å². The summed E-state index contributed by atoms with van der Waals surface area (Å²) in [6.07, 6.45) is 0. The van der Waals surface area contributed by atoms with Gasteiger partial charge in [0.05, 0.1) is 6.61 Å². The monoisotopic (exact) mass is 281 g/mol. The molecular formula is C13H16FN3OS. The number of nitrogens with zero attached hydrogens (tertiary/aromatic N) is 2. The number of benzene rings is 1. The summed E-state index contributed by atoms with van der Waals surface area (Å²) in [5.41, 5.74) is 6.39. The van der Waals surface area contributed by atoms with E-state index in [1.54, 1.807) is 12.1 Å². The third-order valence-corrected chi connectivity index (χ3v) is 3.62. The minimum Gasteiger partial charge on any atom is -0.487 e. The smallest absolute Gasteiger partial charge is 0.197 e. The lowest BCUT2D eigenvalue weighted by atomic mass is 10.2. The number of hydrogen-bond acceptors (Lipinski definition) is 5. The van der Waals surface area contributed by atoms with E-state index in [0.717, 1.165) is 5.00 Å². The second-order valence-electron chi connectivity index (χ2n) is 4.08. The van der Waals surface area contributed by atoms with Crippen molar-refractivity contribution in [3.8, 4) is 5.75 Å². The molecule has 0 aliphatic rings. The quantitative estimate of drug-likeness (QED) is 0.915. The molecule has 0 radical (unpaired) electrons. The Hall–Kier alpha value is -1.82. The van der Waals surface area contributed by atoms with E-state index in [1.165, 1.54) is 17.6 Å². The summed E-state index contributed by atoms with van der Waals surface area (Å²) >= 11 is 1.25. The van der Waals surface area contributed by atoms with Crippen LogP contribution in [0.3, 0.4) is 0 Å². The molecule has 0 atom stereocenters. The number of halogens is 1. The highest BCUT2D eigenvalue weighted by atomic mass is 32.1. The van der Waals surface area contributed by atoms with Gasteiger partial charge in [0.2, 0.25) is 0 Å². The van der Waals surface area contributed by atoms with E-state index in [4.69, 9.17) is 10.5 Å². The van der Waals surface area contributed by atoms with E-state index >= 15 is 0 Å². The molecule has 0 unspecified atom stereocenters. The summed E-state index contributed by atoms with van der Waals surface area (Å²) in [7, 11) is 1.86. The summed E-state index contributed by atoms with van der Waals surface area (Å²) in [6.45, 7) is 2.84. The third-order valence-electron chi connectivity index (χ3n) is 2.66. The second-order valence-corrected chi connectivity index (χ2v) is 4.83. The van der Waals surface area contributed by atoms with Crippen LogP contribution in [-0.4, -0.2) is 18.0 Å². The van der Waals surface area contributed by atoms with Crippen LogP contribution in [0, 0.1) is 5.82 Å². The largest absolute Gasteiger partial charge is 0.487 e. The average molecular weight is 281 g/mol. The normalized spacial score (nSPS) is 10.5. The molecule has 0 amide bonds. The minimum atomic E-state index is -0.218. The number of ether oxygens (including phenoxy) is 1. The second kappa shape index (κ2) is 5.88. The maximum atomic E-state index is 13.6. The van der Waals surface area contributed by atoms with E-state index in [2.05, 4.69) is 4.37 Å². The summed E-state index contributed by atoms with van der Waals surface area (Å²) in [4.78, 5) is 1.89. The van der Waals surface area contributed by atoms with Crippen LogP contribution in [0.15, 0.2) is 24.3 Å². The van der Waals surface area contributed by atoms with Gasteiger partial charge in [-0.2, -0.15) is 4.37 Å². The molecule has 0 spiro atoms. The Morgan fingerprint density at radius 3 is 2.84 bits per heavy atom. The number of anilines is 2. The van der Waals surface area contributed by atoms with Crippen molar-refractivity contribution in [1.29, 1.82) is 0 Å². The van der Waals surface area contributed by atoms with Gasteiger partial charge in [0, 0.05) is 19.2 Å². The lowest BCUT2D eigenvalue weighted by Gasteiger charge is -2.18. The molecule has 2 aromatic rings. The molecule has 6 heteroatoms. The maximum absolute atomic E-state index is 13.6. The van der Waals surface area contributed by atoms with Crippen molar-refractivity contribution >= 4 is 22.4 Å². The topological polar surface area (TPSA) is 51.4 Å². The van der Waals surface area contributed by atoms with Crippen LogP contribution in [0.5, 0.6) is 5.75 Å². The zero-order chi connectivity index (χ0) is 13.8. The highest BCUT2D eigenvalue weighted by Crippen LogP contribution is 2.38. The SMILES string of the molecule is CCOc1c(N)nsc1N(C)Cc1ccccc1F. The Morgan fingerprint density at radius 2 is 2.16 bits per heavy atom. The van der Waals surface area contributed by atoms with Gasteiger partial charge in [-0.25, -0.2) is 4.39 Å². The molecule has 102 valence electrons.